The summed E-state index contributed by atoms with van der Waals surface area (Å²) in [5.41, 5.74) is -1.77. The molecule has 0 atom stereocenters. The van der Waals surface area contributed by atoms with E-state index in [-0.39, 0.29) is 13.0 Å². The lowest BCUT2D eigenvalue weighted by Crippen LogP contribution is -2.52. The molecule has 1 heterocycles. The topological polar surface area (TPSA) is 58.6 Å². The highest BCUT2D eigenvalue weighted by atomic mass is 19.2. The van der Waals surface area contributed by atoms with Crippen molar-refractivity contribution in [3.63, 3.8) is 0 Å². The summed E-state index contributed by atoms with van der Waals surface area (Å²) in [7, 11) is 0. The van der Waals surface area contributed by atoms with Gasteiger partial charge in [-0.2, -0.15) is 0 Å². The number of hydrogen-bond acceptors (Lipinski definition) is 3. The highest BCUT2D eigenvalue weighted by Crippen LogP contribution is 2.26. The highest BCUT2D eigenvalue weighted by Gasteiger charge is 2.35. The summed E-state index contributed by atoms with van der Waals surface area (Å²) < 4.78 is 58.1. The third kappa shape index (κ3) is 3.22. The molecular formula is C14H15F4NO3. The summed E-state index contributed by atoms with van der Waals surface area (Å²) in [5.74, 6) is -8.46. The SMILES string of the molecule is O=C(NC1(CCO)CCOCC1)c1cc(F)c(F)c(F)c1F. The number of halogens is 4. The lowest BCUT2D eigenvalue weighted by atomic mass is 9.86. The number of aliphatic hydroxyl groups excluding tert-OH is 1. The summed E-state index contributed by atoms with van der Waals surface area (Å²) in [6, 6.07) is 0.315. The van der Waals surface area contributed by atoms with Gasteiger partial charge >= 0.3 is 0 Å². The number of benzene rings is 1. The maximum atomic E-state index is 13.6. The molecule has 0 saturated carbocycles. The van der Waals surface area contributed by atoms with Gasteiger partial charge in [-0.1, -0.05) is 0 Å². The van der Waals surface area contributed by atoms with Crippen LogP contribution < -0.4 is 5.32 Å². The van der Waals surface area contributed by atoms with Crippen molar-refractivity contribution < 1.29 is 32.2 Å². The number of nitrogens with one attached hydrogen (secondary N) is 1. The van der Waals surface area contributed by atoms with Crippen LogP contribution in [0.5, 0.6) is 0 Å². The molecule has 1 aromatic carbocycles. The predicted octanol–water partition coefficient (Wildman–Crippen LogP) is 1.90. The van der Waals surface area contributed by atoms with Gasteiger partial charge in [0.05, 0.1) is 5.56 Å². The molecule has 0 bridgehead atoms. The number of hydrogen-bond donors (Lipinski definition) is 2. The van der Waals surface area contributed by atoms with Crippen molar-refractivity contribution in [1.29, 1.82) is 0 Å². The Morgan fingerprint density at radius 2 is 1.82 bits per heavy atom. The predicted molar refractivity (Wildman–Crippen MR) is 68.2 cm³/mol. The Kier molecular flexibility index (Phi) is 5.02. The van der Waals surface area contributed by atoms with E-state index in [0.717, 1.165) is 0 Å². The molecule has 22 heavy (non-hydrogen) atoms. The van der Waals surface area contributed by atoms with E-state index >= 15 is 0 Å². The molecule has 0 unspecified atom stereocenters. The lowest BCUT2D eigenvalue weighted by Gasteiger charge is -2.37. The van der Waals surface area contributed by atoms with E-state index in [2.05, 4.69) is 5.32 Å². The van der Waals surface area contributed by atoms with Crippen LogP contribution in [0.25, 0.3) is 0 Å². The summed E-state index contributed by atoms with van der Waals surface area (Å²) in [6.45, 7) is 0.429. The summed E-state index contributed by atoms with van der Waals surface area (Å²) >= 11 is 0. The fourth-order valence-corrected chi connectivity index (χ4v) is 2.46. The second-order valence-corrected chi connectivity index (χ2v) is 5.17. The van der Waals surface area contributed by atoms with Crippen LogP contribution in [0.3, 0.4) is 0 Å². The summed E-state index contributed by atoms with van der Waals surface area (Å²) in [4.78, 5) is 12.1. The van der Waals surface area contributed by atoms with Gasteiger partial charge < -0.3 is 15.2 Å². The minimum Gasteiger partial charge on any atom is -0.396 e. The lowest BCUT2D eigenvalue weighted by molar-refractivity contribution is 0.0266. The van der Waals surface area contributed by atoms with Crippen LogP contribution in [0.1, 0.15) is 29.6 Å². The molecule has 0 radical (unpaired) electrons. The number of ether oxygens (including phenoxy) is 1. The Morgan fingerprint density at radius 3 is 2.41 bits per heavy atom. The van der Waals surface area contributed by atoms with Crippen LogP contribution in [-0.2, 0) is 4.74 Å². The van der Waals surface area contributed by atoms with Gasteiger partial charge in [0.1, 0.15) is 0 Å². The molecule has 1 aliphatic heterocycles. The highest BCUT2D eigenvalue weighted by molar-refractivity contribution is 5.95. The van der Waals surface area contributed by atoms with E-state index in [1.54, 1.807) is 0 Å². The van der Waals surface area contributed by atoms with Crippen molar-refractivity contribution in [3.05, 3.63) is 34.9 Å². The maximum absolute atomic E-state index is 13.6. The Bertz CT molecular complexity index is 568. The average molecular weight is 321 g/mol. The van der Waals surface area contributed by atoms with E-state index in [9.17, 15) is 22.4 Å². The van der Waals surface area contributed by atoms with Crippen molar-refractivity contribution in [2.75, 3.05) is 19.8 Å². The first-order valence-corrected chi connectivity index (χ1v) is 6.74. The van der Waals surface area contributed by atoms with E-state index in [4.69, 9.17) is 9.84 Å². The Morgan fingerprint density at radius 1 is 1.18 bits per heavy atom. The maximum Gasteiger partial charge on any atom is 0.254 e. The van der Waals surface area contributed by atoms with Gasteiger partial charge in [0.2, 0.25) is 0 Å². The van der Waals surface area contributed by atoms with Crippen LogP contribution in [0.15, 0.2) is 6.07 Å². The molecule has 4 nitrogen and oxygen atoms in total. The molecular weight excluding hydrogens is 306 g/mol. The smallest absolute Gasteiger partial charge is 0.254 e. The monoisotopic (exact) mass is 321 g/mol. The molecule has 1 aromatic rings. The number of carbonyl (C=O) groups excluding carboxylic acids is 1. The molecule has 1 fully saturated rings. The molecule has 1 aliphatic rings. The Balaban J connectivity index is 2.28. The Labute approximate surface area is 124 Å². The van der Waals surface area contributed by atoms with Crippen molar-refractivity contribution >= 4 is 5.91 Å². The van der Waals surface area contributed by atoms with E-state index in [1.807, 2.05) is 0 Å². The zero-order valence-electron chi connectivity index (χ0n) is 11.6. The van der Waals surface area contributed by atoms with E-state index in [0.29, 0.717) is 32.1 Å². The van der Waals surface area contributed by atoms with Gasteiger partial charge in [0.25, 0.3) is 5.91 Å². The largest absolute Gasteiger partial charge is 0.396 e. The van der Waals surface area contributed by atoms with Crippen molar-refractivity contribution in [1.82, 2.24) is 5.32 Å². The number of carbonyl (C=O) groups is 1. The fourth-order valence-electron chi connectivity index (χ4n) is 2.46. The molecule has 1 saturated heterocycles. The Hall–Kier alpha value is -1.67. The second-order valence-electron chi connectivity index (χ2n) is 5.17. The van der Waals surface area contributed by atoms with E-state index in [1.165, 1.54) is 0 Å². The van der Waals surface area contributed by atoms with Gasteiger partial charge in [-0.15, -0.1) is 0 Å². The van der Waals surface area contributed by atoms with Crippen molar-refractivity contribution in [2.24, 2.45) is 0 Å². The first-order valence-electron chi connectivity index (χ1n) is 6.74. The van der Waals surface area contributed by atoms with Crippen LogP contribution in [0, 0.1) is 23.3 Å². The number of aliphatic hydroxyl groups is 1. The van der Waals surface area contributed by atoms with Crippen molar-refractivity contribution in [3.8, 4) is 0 Å². The molecule has 2 N–H and O–H groups in total. The molecule has 0 aromatic heterocycles. The molecule has 2 rings (SSSR count). The third-order valence-electron chi connectivity index (χ3n) is 3.77. The average Bonchev–Trinajstić information content (AvgIpc) is 2.49. The van der Waals surface area contributed by atoms with Crippen molar-refractivity contribution in [2.45, 2.75) is 24.8 Å². The third-order valence-corrected chi connectivity index (χ3v) is 3.77. The minimum atomic E-state index is -2.03. The van der Waals surface area contributed by atoms with Crippen LogP contribution in [0.2, 0.25) is 0 Å². The molecule has 0 spiro atoms. The van der Waals surface area contributed by atoms with Gasteiger partial charge in [-0.25, -0.2) is 17.6 Å². The van der Waals surface area contributed by atoms with Crippen LogP contribution in [-0.4, -0.2) is 36.4 Å². The number of amides is 1. The first-order chi connectivity index (χ1) is 10.4. The summed E-state index contributed by atoms with van der Waals surface area (Å²) in [5, 5.41) is 11.6. The van der Waals surface area contributed by atoms with E-state index < -0.39 is 40.3 Å². The molecule has 122 valence electrons. The number of rotatable bonds is 4. The fraction of sp³-hybridized carbons (Fsp3) is 0.500. The quantitative estimate of drug-likeness (QED) is 0.506. The molecule has 1 amide bonds. The molecule has 0 aliphatic carbocycles. The van der Waals surface area contributed by atoms with Gasteiger partial charge in [0.15, 0.2) is 23.3 Å². The van der Waals surface area contributed by atoms with Crippen LogP contribution in [0.4, 0.5) is 17.6 Å². The molecule has 8 heteroatoms. The second kappa shape index (κ2) is 6.62. The zero-order chi connectivity index (χ0) is 16.3. The van der Waals surface area contributed by atoms with Gasteiger partial charge in [0, 0.05) is 25.4 Å². The zero-order valence-corrected chi connectivity index (χ0v) is 11.6. The standard InChI is InChI=1S/C14H15F4NO3/c15-9-7-8(10(16)12(18)11(9)17)13(21)19-14(1-4-20)2-5-22-6-3-14/h7,20H,1-6H2,(H,19,21). The van der Waals surface area contributed by atoms with Gasteiger partial charge in [-0.3, -0.25) is 4.79 Å². The van der Waals surface area contributed by atoms with Gasteiger partial charge in [-0.05, 0) is 25.3 Å². The summed E-state index contributed by atoms with van der Waals surface area (Å²) in [6.07, 6.45) is 0.927. The van der Waals surface area contributed by atoms with Crippen LogP contribution >= 0.6 is 0 Å². The first kappa shape index (κ1) is 16.7. The normalized spacial score (nSPS) is 17.3. The minimum absolute atomic E-state index is 0.190.